The van der Waals surface area contributed by atoms with Crippen LogP contribution in [0.4, 0.5) is 0 Å². The van der Waals surface area contributed by atoms with Crippen molar-refractivity contribution in [3.8, 4) is 0 Å². The molecular weight excluding hydrogens is 98.1 g/mol. The van der Waals surface area contributed by atoms with Crippen LogP contribution in [-0.4, -0.2) is 12.6 Å². The molecule has 0 spiro atoms. The van der Waals surface area contributed by atoms with Gasteiger partial charge in [0.05, 0.1) is 0 Å². The molecule has 4 bridgehead atoms. The first-order chi connectivity index (χ1) is 3.95. The van der Waals surface area contributed by atoms with Crippen molar-refractivity contribution in [1.82, 2.24) is 5.32 Å². The molecular formula is C7H11N. The van der Waals surface area contributed by atoms with Crippen LogP contribution in [0.25, 0.3) is 0 Å². The van der Waals surface area contributed by atoms with Gasteiger partial charge in [-0.2, -0.15) is 0 Å². The van der Waals surface area contributed by atoms with Gasteiger partial charge in [0.2, 0.25) is 0 Å². The predicted molar refractivity (Wildman–Crippen MR) is 31.5 cm³/mol. The minimum absolute atomic E-state index is 0.940. The molecule has 0 amide bonds. The summed E-state index contributed by atoms with van der Waals surface area (Å²) in [6.07, 6.45) is 3.02. The highest BCUT2D eigenvalue weighted by atomic mass is 15.0. The molecule has 0 aromatic carbocycles. The molecule has 2 heterocycles. The molecule has 4 fully saturated rings. The zero-order chi connectivity index (χ0) is 5.14. The quantitative estimate of drug-likeness (QED) is 0.480. The van der Waals surface area contributed by atoms with Gasteiger partial charge in [-0.15, -0.1) is 0 Å². The zero-order valence-electron chi connectivity index (χ0n) is 4.93. The molecule has 2 saturated heterocycles. The second-order valence-corrected chi connectivity index (χ2v) is 3.57. The fraction of sp³-hybridized carbons (Fsp3) is 1.00. The fourth-order valence-electron chi connectivity index (χ4n) is 2.75. The molecule has 8 heavy (non-hydrogen) atoms. The normalized spacial score (nSPS) is 66.0. The van der Waals surface area contributed by atoms with Gasteiger partial charge in [0.15, 0.2) is 0 Å². The lowest BCUT2D eigenvalue weighted by atomic mass is 10.0. The summed E-state index contributed by atoms with van der Waals surface area (Å²) < 4.78 is 0. The third-order valence-corrected chi connectivity index (χ3v) is 3.26. The third-order valence-electron chi connectivity index (χ3n) is 3.26. The van der Waals surface area contributed by atoms with Crippen molar-refractivity contribution in [1.29, 1.82) is 0 Å². The zero-order valence-corrected chi connectivity index (χ0v) is 4.93. The molecule has 1 N–H and O–H groups in total. The van der Waals surface area contributed by atoms with Gasteiger partial charge in [-0.3, -0.25) is 0 Å². The van der Waals surface area contributed by atoms with Crippen LogP contribution in [0.15, 0.2) is 0 Å². The first kappa shape index (κ1) is 3.89. The summed E-state index contributed by atoms with van der Waals surface area (Å²) in [6, 6.07) is 0.940. The van der Waals surface area contributed by atoms with Gasteiger partial charge in [-0.1, -0.05) is 0 Å². The number of fused-ring (bicyclic) bond motifs is 1. The molecule has 1 heteroatoms. The van der Waals surface area contributed by atoms with Crippen LogP contribution in [0.2, 0.25) is 0 Å². The molecule has 0 radical (unpaired) electrons. The van der Waals surface area contributed by atoms with E-state index in [1.54, 1.807) is 0 Å². The monoisotopic (exact) mass is 109 g/mol. The van der Waals surface area contributed by atoms with Crippen LogP contribution in [0.1, 0.15) is 12.8 Å². The maximum absolute atomic E-state index is 3.54. The van der Waals surface area contributed by atoms with Gasteiger partial charge in [-0.05, 0) is 37.1 Å². The van der Waals surface area contributed by atoms with E-state index in [0.29, 0.717) is 0 Å². The number of hydrogen-bond acceptors (Lipinski definition) is 1. The Morgan fingerprint density at radius 1 is 1.00 bits per heavy atom. The summed E-state index contributed by atoms with van der Waals surface area (Å²) in [5.74, 6) is 3.49. The highest BCUT2D eigenvalue weighted by molar-refractivity contribution is 5.11. The Labute approximate surface area is 49.5 Å². The summed E-state index contributed by atoms with van der Waals surface area (Å²) in [4.78, 5) is 0. The van der Waals surface area contributed by atoms with Crippen LogP contribution in [0, 0.1) is 17.8 Å². The highest BCUT2D eigenvalue weighted by Crippen LogP contribution is 2.59. The molecule has 2 atom stereocenters. The van der Waals surface area contributed by atoms with Gasteiger partial charge in [0, 0.05) is 6.04 Å². The minimum atomic E-state index is 0.940. The second-order valence-electron chi connectivity index (χ2n) is 3.57. The summed E-state index contributed by atoms with van der Waals surface area (Å²) >= 11 is 0. The summed E-state index contributed by atoms with van der Waals surface area (Å²) in [7, 11) is 0. The van der Waals surface area contributed by atoms with Gasteiger partial charge in [0.25, 0.3) is 0 Å². The van der Waals surface area contributed by atoms with E-state index in [9.17, 15) is 0 Å². The fourth-order valence-corrected chi connectivity index (χ4v) is 2.75. The summed E-state index contributed by atoms with van der Waals surface area (Å²) in [5, 5.41) is 3.54. The topological polar surface area (TPSA) is 12.0 Å². The van der Waals surface area contributed by atoms with Crippen molar-refractivity contribution < 1.29 is 0 Å². The Hall–Kier alpha value is -0.0400. The van der Waals surface area contributed by atoms with Crippen LogP contribution in [-0.2, 0) is 0 Å². The van der Waals surface area contributed by atoms with Crippen molar-refractivity contribution in [3.05, 3.63) is 0 Å². The van der Waals surface area contributed by atoms with E-state index in [-0.39, 0.29) is 0 Å². The second kappa shape index (κ2) is 0.971. The maximum Gasteiger partial charge on any atom is 0.00728 e. The number of rotatable bonds is 0. The summed E-state index contributed by atoms with van der Waals surface area (Å²) in [5.41, 5.74) is 0. The van der Waals surface area contributed by atoms with Crippen molar-refractivity contribution in [2.45, 2.75) is 18.9 Å². The van der Waals surface area contributed by atoms with Crippen molar-refractivity contribution in [3.63, 3.8) is 0 Å². The third kappa shape index (κ3) is 0.278. The maximum atomic E-state index is 3.54. The Balaban J connectivity index is 1.99. The van der Waals surface area contributed by atoms with Crippen LogP contribution in [0.3, 0.4) is 0 Å². The first-order valence-electron chi connectivity index (χ1n) is 3.68. The molecule has 44 valence electrons. The van der Waals surface area contributed by atoms with Gasteiger partial charge >= 0.3 is 0 Å². The van der Waals surface area contributed by atoms with E-state index in [1.807, 2.05) is 0 Å². The Morgan fingerprint density at radius 3 is 2.00 bits per heavy atom. The van der Waals surface area contributed by atoms with Crippen molar-refractivity contribution in [2.24, 2.45) is 17.8 Å². The largest absolute Gasteiger partial charge is 0.314 e. The Morgan fingerprint density at radius 2 is 1.75 bits per heavy atom. The van der Waals surface area contributed by atoms with E-state index < -0.39 is 0 Å². The molecule has 2 aliphatic heterocycles. The van der Waals surface area contributed by atoms with Crippen LogP contribution < -0.4 is 5.32 Å². The van der Waals surface area contributed by atoms with E-state index in [0.717, 1.165) is 12.0 Å². The van der Waals surface area contributed by atoms with Gasteiger partial charge in [0.1, 0.15) is 0 Å². The van der Waals surface area contributed by atoms with Crippen molar-refractivity contribution in [2.75, 3.05) is 6.54 Å². The average Bonchev–Trinajstić information content (AvgIpc) is 2.38. The van der Waals surface area contributed by atoms with Gasteiger partial charge in [-0.25, -0.2) is 0 Å². The van der Waals surface area contributed by atoms with E-state index in [4.69, 9.17) is 0 Å². The Kier molecular flexibility index (Phi) is 0.472. The molecule has 2 aliphatic carbocycles. The smallest absolute Gasteiger partial charge is 0.00728 e. The highest BCUT2D eigenvalue weighted by Gasteiger charge is 2.58. The SMILES string of the molecule is C1NC2CC3C1C3C2. The first-order valence-corrected chi connectivity index (χ1v) is 3.68. The number of nitrogens with one attached hydrogen (secondary N) is 1. The van der Waals surface area contributed by atoms with E-state index >= 15 is 0 Å². The molecule has 4 aliphatic rings. The molecule has 4 rings (SSSR count). The van der Waals surface area contributed by atoms with Crippen LogP contribution >= 0.6 is 0 Å². The van der Waals surface area contributed by atoms with Gasteiger partial charge < -0.3 is 5.32 Å². The number of piperidine rings is 2. The summed E-state index contributed by atoms with van der Waals surface area (Å²) in [6.45, 7) is 1.35. The standard InChI is InChI=1S/C7H11N/c1-4-2-6-5(1)7(6)3-8-4/h4-8H,1-3H2. The average molecular weight is 109 g/mol. The minimum Gasteiger partial charge on any atom is -0.314 e. The molecule has 0 aromatic heterocycles. The van der Waals surface area contributed by atoms with Crippen molar-refractivity contribution >= 4 is 0 Å². The lowest BCUT2D eigenvalue weighted by molar-refractivity contribution is 0.358. The number of hydrogen-bond donors (Lipinski definition) is 1. The Bertz CT molecular complexity index is 112. The lowest BCUT2D eigenvalue weighted by Crippen LogP contribution is -2.36. The molecule has 0 aromatic rings. The molecule has 1 nitrogen and oxygen atoms in total. The lowest BCUT2D eigenvalue weighted by Gasteiger charge is -2.22. The van der Waals surface area contributed by atoms with E-state index in [2.05, 4.69) is 5.32 Å². The van der Waals surface area contributed by atoms with E-state index in [1.165, 1.54) is 31.2 Å². The van der Waals surface area contributed by atoms with Crippen LogP contribution in [0.5, 0.6) is 0 Å². The molecule has 2 saturated carbocycles. The molecule has 2 unspecified atom stereocenters. The predicted octanol–water partition coefficient (Wildman–Crippen LogP) is 0.614.